The Morgan fingerprint density at radius 3 is 1.35 bits per heavy atom. The Hall–Kier alpha value is -1.21. The summed E-state index contributed by atoms with van der Waals surface area (Å²) in [5.74, 6) is 3.33. The van der Waals surface area contributed by atoms with E-state index in [1.165, 1.54) is 12.8 Å². The van der Waals surface area contributed by atoms with E-state index < -0.39 is 11.6 Å². The van der Waals surface area contributed by atoms with E-state index in [1.807, 2.05) is 24.6 Å². The predicted octanol–water partition coefficient (Wildman–Crippen LogP) is 10.2. The number of hydrogen-bond acceptors (Lipinski definition) is 9. The van der Waals surface area contributed by atoms with E-state index >= 15 is 0 Å². The van der Waals surface area contributed by atoms with Crippen LogP contribution in [0.5, 0.6) is 0 Å². The smallest absolute Gasteiger partial charge is 0.335 e. The zero-order valence-corrected chi connectivity index (χ0v) is 40.7. The minimum Gasteiger partial charge on any atom is -0.395 e. The third kappa shape index (κ3) is 117. The zero-order valence-electron chi connectivity index (χ0n) is 39.9. The van der Waals surface area contributed by atoms with Crippen molar-refractivity contribution in [3.63, 3.8) is 0 Å². The molecular formula is C43H98N4O6S. The van der Waals surface area contributed by atoms with E-state index in [0.717, 1.165) is 69.7 Å². The van der Waals surface area contributed by atoms with Crippen LogP contribution in [0.1, 0.15) is 158 Å². The minimum absolute atomic E-state index is 0.234. The lowest BCUT2D eigenvalue weighted by molar-refractivity contribution is 0.0238. The molecule has 1 saturated heterocycles. The molecule has 2 N–H and O–H groups in total. The summed E-state index contributed by atoms with van der Waals surface area (Å²) >= 11 is -0.750. The van der Waals surface area contributed by atoms with E-state index in [2.05, 4.69) is 147 Å². The molecule has 0 aliphatic carbocycles. The fourth-order valence-corrected chi connectivity index (χ4v) is 2.72. The van der Waals surface area contributed by atoms with Crippen molar-refractivity contribution in [3.05, 3.63) is 18.7 Å². The molecule has 2 rings (SSSR count). The number of aliphatic hydroxyl groups excluding tert-OH is 1. The first kappa shape index (κ1) is 67.5. The number of nitrogens with zero attached hydrogens (tertiary/aromatic N) is 3. The second-order valence-corrected chi connectivity index (χ2v) is 16.7. The highest BCUT2D eigenvalue weighted by Crippen LogP contribution is 2.01. The Balaban J connectivity index is -0.0000000954. The molecule has 1 aliphatic heterocycles. The Labute approximate surface area is 342 Å². The minimum atomic E-state index is -0.750. The molecule has 1 aromatic heterocycles. The molecule has 0 spiro atoms. The van der Waals surface area contributed by atoms with Gasteiger partial charge in [0.25, 0.3) is 0 Å². The van der Waals surface area contributed by atoms with Crippen LogP contribution >= 0.6 is 0 Å². The molecular weight excluding hydrogens is 701 g/mol. The lowest BCUT2D eigenvalue weighted by Gasteiger charge is -2.29. The first-order valence-electron chi connectivity index (χ1n) is 20.7. The SMILES string of the molecule is CC(C)C.CC(C)C.CC(C)C.CC(C)C.CC(C)N1CCOCC1.CC(C)NCCO.CC(C)OCCn1ccnc1.CCCCOC(C)C.O=S=O. The first-order chi connectivity index (χ1) is 25.0. The standard InChI is InChI=1S/C8H14N2O.C7H15NO.C7H16O.C5H13NO.4C4H10.O2S/c1-8(2)11-6-5-10-4-3-9-7-10;1-7(2)8-3-5-9-6-4-8;1-4-5-6-8-7(2)3;1-5(2)6-3-4-7;4*1-4(2)3;1-3-2/h3-4,7-8H,5-6H2,1-2H3;7H,3-6H2,1-2H3;7H,4-6H2,1-3H3;5-7H,3-4H2,1-2H3;4*4H,1-3H3;. The highest BCUT2D eigenvalue weighted by atomic mass is 32.1. The van der Waals surface area contributed by atoms with Crippen molar-refractivity contribution in [1.29, 1.82) is 0 Å². The number of nitrogens with one attached hydrogen (secondary N) is 1. The number of ether oxygens (including phenoxy) is 3. The molecule has 10 nitrogen and oxygen atoms in total. The van der Waals surface area contributed by atoms with Crippen LogP contribution in [0.3, 0.4) is 0 Å². The van der Waals surface area contributed by atoms with E-state index in [4.69, 9.17) is 27.7 Å². The molecule has 0 amide bonds. The summed E-state index contributed by atoms with van der Waals surface area (Å²) in [4.78, 5) is 6.36. The molecule has 11 heteroatoms. The molecule has 0 atom stereocenters. The summed E-state index contributed by atoms with van der Waals surface area (Å²) in [5, 5.41) is 11.3. The van der Waals surface area contributed by atoms with Crippen LogP contribution in [0, 0.1) is 23.7 Å². The average molecular weight is 799 g/mol. The van der Waals surface area contributed by atoms with Crippen LogP contribution in [0.4, 0.5) is 0 Å². The van der Waals surface area contributed by atoms with Crippen LogP contribution in [0.25, 0.3) is 0 Å². The van der Waals surface area contributed by atoms with Gasteiger partial charge in [-0.2, -0.15) is 8.42 Å². The van der Waals surface area contributed by atoms with Crippen molar-refractivity contribution < 1.29 is 27.7 Å². The van der Waals surface area contributed by atoms with Crippen molar-refractivity contribution in [1.82, 2.24) is 19.8 Å². The van der Waals surface area contributed by atoms with Crippen molar-refractivity contribution in [2.75, 3.05) is 52.7 Å². The van der Waals surface area contributed by atoms with Crippen molar-refractivity contribution in [2.24, 2.45) is 23.7 Å². The second kappa shape index (κ2) is 56.1. The Bertz CT molecular complexity index is 731. The molecule has 0 radical (unpaired) electrons. The predicted molar refractivity (Wildman–Crippen MR) is 238 cm³/mol. The molecule has 0 saturated carbocycles. The van der Waals surface area contributed by atoms with Gasteiger partial charge < -0.3 is 29.2 Å². The van der Waals surface area contributed by atoms with E-state index in [-0.39, 0.29) is 6.61 Å². The molecule has 1 aromatic rings. The fourth-order valence-electron chi connectivity index (χ4n) is 2.72. The Morgan fingerprint density at radius 2 is 1.11 bits per heavy atom. The van der Waals surface area contributed by atoms with Crippen LogP contribution in [0.2, 0.25) is 0 Å². The van der Waals surface area contributed by atoms with E-state index in [0.29, 0.717) is 30.8 Å². The number of imidazole rings is 1. The highest BCUT2D eigenvalue weighted by Gasteiger charge is 2.12. The molecule has 2 heterocycles. The van der Waals surface area contributed by atoms with Gasteiger partial charge in [-0.25, -0.2) is 4.98 Å². The second-order valence-electron chi connectivity index (χ2n) is 16.6. The normalized spacial score (nSPS) is 11.8. The van der Waals surface area contributed by atoms with Gasteiger partial charge in [-0.1, -0.05) is 110 Å². The maximum absolute atomic E-state index is 8.29. The van der Waals surface area contributed by atoms with Crippen molar-refractivity contribution >= 4 is 11.6 Å². The fraction of sp³-hybridized carbons (Fsp3) is 0.930. The third-order valence-corrected chi connectivity index (χ3v) is 4.75. The summed E-state index contributed by atoms with van der Waals surface area (Å²) < 4.78 is 34.4. The van der Waals surface area contributed by atoms with Gasteiger partial charge in [0.2, 0.25) is 0 Å². The zero-order chi connectivity index (χ0) is 43.9. The monoisotopic (exact) mass is 799 g/mol. The van der Waals surface area contributed by atoms with Gasteiger partial charge in [-0.15, -0.1) is 0 Å². The van der Waals surface area contributed by atoms with Crippen LogP contribution in [-0.2, 0) is 32.3 Å². The maximum atomic E-state index is 8.29. The molecule has 1 aliphatic rings. The number of hydrogen-bond donors (Lipinski definition) is 2. The molecule has 332 valence electrons. The quantitative estimate of drug-likeness (QED) is 0.199. The summed E-state index contributed by atoms with van der Waals surface area (Å²) in [6.45, 7) is 52.5. The third-order valence-electron chi connectivity index (χ3n) is 4.75. The van der Waals surface area contributed by atoms with Gasteiger partial charge in [0.1, 0.15) is 0 Å². The van der Waals surface area contributed by atoms with Crippen LogP contribution in [0.15, 0.2) is 18.7 Å². The largest absolute Gasteiger partial charge is 0.395 e. The van der Waals surface area contributed by atoms with Gasteiger partial charge in [0.05, 0.1) is 45.0 Å². The number of unbranched alkanes of at least 4 members (excludes halogenated alkanes) is 1. The van der Waals surface area contributed by atoms with E-state index in [9.17, 15) is 0 Å². The van der Waals surface area contributed by atoms with Crippen LogP contribution < -0.4 is 5.32 Å². The summed E-state index contributed by atoms with van der Waals surface area (Å²) in [7, 11) is 0. The number of morpholine rings is 1. The summed E-state index contributed by atoms with van der Waals surface area (Å²) in [5.41, 5.74) is 0. The number of aromatic nitrogens is 2. The molecule has 54 heavy (non-hydrogen) atoms. The summed E-state index contributed by atoms with van der Waals surface area (Å²) in [6.07, 6.45) is 8.65. The van der Waals surface area contributed by atoms with Gasteiger partial charge in [0.15, 0.2) is 0 Å². The van der Waals surface area contributed by atoms with Crippen LogP contribution in [-0.4, -0.2) is 105 Å². The highest BCUT2D eigenvalue weighted by molar-refractivity contribution is 7.51. The molecule has 1 fully saturated rings. The first-order valence-corrected chi connectivity index (χ1v) is 21.4. The van der Waals surface area contributed by atoms with Crippen molar-refractivity contribution in [2.45, 2.75) is 189 Å². The van der Waals surface area contributed by atoms with E-state index in [1.54, 1.807) is 12.5 Å². The van der Waals surface area contributed by atoms with Gasteiger partial charge in [-0.05, 0) is 71.6 Å². The lowest BCUT2D eigenvalue weighted by atomic mass is 10.3. The molecule has 0 bridgehead atoms. The van der Waals surface area contributed by atoms with Crippen molar-refractivity contribution in [3.8, 4) is 0 Å². The topological polar surface area (TPSA) is 115 Å². The number of aliphatic hydroxyl groups is 1. The molecule has 0 aromatic carbocycles. The van der Waals surface area contributed by atoms with Gasteiger partial charge >= 0.3 is 11.6 Å². The maximum Gasteiger partial charge on any atom is 0.335 e. The molecule has 0 unspecified atom stereocenters. The average Bonchev–Trinajstić information content (AvgIpc) is 3.54. The number of rotatable bonds is 12. The Morgan fingerprint density at radius 1 is 0.722 bits per heavy atom. The lowest BCUT2D eigenvalue weighted by Crippen LogP contribution is -2.40. The summed E-state index contributed by atoms with van der Waals surface area (Å²) in [6, 6.07) is 1.18. The van der Waals surface area contributed by atoms with Gasteiger partial charge in [-0.3, -0.25) is 4.90 Å². The van der Waals surface area contributed by atoms with Gasteiger partial charge in [0, 0.05) is 57.3 Å². The Kier molecular flexibility index (Phi) is 70.2.